The lowest BCUT2D eigenvalue weighted by Gasteiger charge is -2.34. The van der Waals surface area contributed by atoms with Gasteiger partial charge in [0.2, 0.25) is 0 Å². The Labute approximate surface area is 115 Å². The van der Waals surface area contributed by atoms with Gasteiger partial charge in [0.25, 0.3) is 0 Å². The molecule has 1 nitrogen and oxygen atoms in total. The van der Waals surface area contributed by atoms with Crippen molar-refractivity contribution < 1.29 is 4.79 Å². The first-order chi connectivity index (χ1) is 8.86. The van der Waals surface area contributed by atoms with E-state index in [1.165, 1.54) is 5.56 Å². The van der Waals surface area contributed by atoms with Crippen molar-refractivity contribution in [1.82, 2.24) is 0 Å². The van der Waals surface area contributed by atoms with Gasteiger partial charge in [-0.15, -0.1) is 0 Å². The van der Waals surface area contributed by atoms with Crippen LogP contribution in [0.5, 0.6) is 0 Å². The maximum Gasteiger partial charge on any atom is 0.163 e. The van der Waals surface area contributed by atoms with E-state index in [0.29, 0.717) is 5.78 Å². The molecule has 1 heteroatoms. The van der Waals surface area contributed by atoms with Gasteiger partial charge < -0.3 is 0 Å². The molecule has 19 heavy (non-hydrogen) atoms. The molecule has 3 rings (SSSR count). The van der Waals surface area contributed by atoms with E-state index in [1.54, 1.807) is 0 Å². The van der Waals surface area contributed by atoms with E-state index in [0.717, 1.165) is 24.0 Å². The average molecular weight is 254 g/mol. The molecule has 0 N–H and O–H groups in total. The maximum atomic E-state index is 12.6. The molecule has 0 spiro atoms. The Kier molecular flexibility index (Phi) is 2.54. The van der Waals surface area contributed by atoms with Crippen molar-refractivity contribution in [3.05, 3.63) is 41.0 Å². The highest BCUT2D eigenvalue weighted by Gasteiger charge is 2.63. The molecule has 1 aromatic rings. The van der Waals surface area contributed by atoms with Crippen molar-refractivity contribution in [3.8, 4) is 0 Å². The lowest BCUT2D eigenvalue weighted by Crippen LogP contribution is -2.27. The molecule has 2 fully saturated rings. The van der Waals surface area contributed by atoms with Crippen LogP contribution in [0.2, 0.25) is 0 Å². The van der Waals surface area contributed by atoms with Crippen LogP contribution in [0.15, 0.2) is 29.8 Å². The Morgan fingerprint density at radius 1 is 1.16 bits per heavy atom. The Morgan fingerprint density at radius 3 is 2.32 bits per heavy atom. The van der Waals surface area contributed by atoms with E-state index in [4.69, 9.17) is 0 Å². The highest BCUT2D eigenvalue weighted by molar-refractivity contribution is 6.06. The van der Waals surface area contributed by atoms with Gasteiger partial charge >= 0.3 is 0 Å². The van der Waals surface area contributed by atoms with Crippen LogP contribution in [-0.2, 0) is 4.79 Å². The Bertz CT molecular complexity index is 562. The number of allylic oxidation sites excluding steroid dienone is 1. The summed E-state index contributed by atoms with van der Waals surface area (Å²) in [5.74, 6) is 0.619. The van der Waals surface area contributed by atoms with Gasteiger partial charge in [0.15, 0.2) is 5.78 Å². The number of hydrogen-bond acceptors (Lipinski definition) is 1. The van der Waals surface area contributed by atoms with Gasteiger partial charge in [0.05, 0.1) is 0 Å². The SMILES string of the molecule is Cc1ccc(C=C2C(=O)C3CCC2(C)C3(C)C)cc1. The molecule has 0 aliphatic heterocycles. The van der Waals surface area contributed by atoms with Crippen LogP contribution in [-0.4, -0.2) is 5.78 Å². The maximum absolute atomic E-state index is 12.6. The number of fused-ring (bicyclic) bond motifs is 2. The summed E-state index contributed by atoms with van der Waals surface area (Å²) in [6, 6.07) is 8.44. The van der Waals surface area contributed by atoms with Crippen molar-refractivity contribution in [2.45, 2.75) is 40.5 Å². The third-order valence-electron chi connectivity index (χ3n) is 5.79. The number of hydrogen-bond donors (Lipinski definition) is 0. The molecule has 0 amide bonds. The fraction of sp³-hybridized carbons (Fsp3) is 0.500. The standard InChI is InChI=1S/C18H22O/c1-12-5-7-13(8-6-12)11-15-16(19)14-9-10-18(15,4)17(14,2)3/h5-8,11,14H,9-10H2,1-4H3. The zero-order valence-corrected chi connectivity index (χ0v) is 12.3. The molecule has 0 radical (unpaired) electrons. The first kappa shape index (κ1) is 12.7. The van der Waals surface area contributed by atoms with E-state index in [-0.39, 0.29) is 16.7 Å². The van der Waals surface area contributed by atoms with E-state index >= 15 is 0 Å². The topological polar surface area (TPSA) is 17.1 Å². The van der Waals surface area contributed by atoms with Crippen molar-refractivity contribution >= 4 is 11.9 Å². The molecule has 2 unspecified atom stereocenters. The second-order valence-electron chi connectivity index (χ2n) is 6.98. The third-order valence-corrected chi connectivity index (χ3v) is 5.79. The lowest BCUT2D eigenvalue weighted by atomic mass is 9.69. The summed E-state index contributed by atoms with van der Waals surface area (Å²) >= 11 is 0. The fourth-order valence-electron chi connectivity index (χ4n) is 3.96. The Morgan fingerprint density at radius 2 is 1.79 bits per heavy atom. The van der Waals surface area contributed by atoms with Gasteiger partial charge in [-0.3, -0.25) is 4.79 Å². The molecular weight excluding hydrogens is 232 g/mol. The number of benzene rings is 1. The highest BCUT2D eigenvalue weighted by Crippen LogP contribution is 2.66. The minimum Gasteiger partial charge on any atom is -0.294 e. The molecule has 0 aromatic heterocycles. The summed E-state index contributed by atoms with van der Waals surface area (Å²) in [6.45, 7) is 8.89. The van der Waals surface area contributed by atoms with Crippen LogP contribution in [0, 0.1) is 23.7 Å². The number of Topliss-reactive ketones (excluding diaryl/α,β-unsaturated/α-hetero) is 1. The average Bonchev–Trinajstić information content (AvgIpc) is 2.66. The number of rotatable bonds is 1. The second-order valence-corrected chi connectivity index (χ2v) is 6.98. The summed E-state index contributed by atoms with van der Waals surface area (Å²) in [6.07, 6.45) is 4.34. The first-order valence-electron chi connectivity index (χ1n) is 7.19. The molecule has 2 bridgehead atoms. The highest BCUT2D eigenvalue weighted by atomic mass is 16.1. The smallest absolute Gasteiger partial charge is 0.163 e. The van der Waals surface area contributed by atoms with E-state index in [1.807, 2.05) is 0 Å². The Hall–Kier alpha value is -1.37. The lowest BCUT2D eigenvalue weighted by molar-refractivity contribution is -0.119. The van der Waals surface area contributed by atoms with Crippen molar-refractivity contribution in [3.63, 3.8) is 0 Å². The van der Waals surface area contributed by atoms with Gasteiger partial charge in [0.1, 0.15) is 0 Å². The van der Waals surface area contributed by atoms with Gasteiger partial charge in [-0.1, -0.05) is 50.6 Å². The summed E-state index contributed by atoms with van der Waals surface area (Å²) in [4.78, 5) is 12.6. The normalized spacial score (nSPS) is 34.2. The van der Waals surface area contributed by atoms with Gasteiger partial charge in [-0.2, -0.15) is 0 Å². The van der Waals surface area contributed by atoms with Gasteiger partial charge in [-0.05, 0) is 36.8 Å². The summed E-state index contributed by atoms with van der Waals surface area (Å²) < 4.78 is 0. The largest absolute Gasteiger partial charge is 0.294 e. The molecule has 0 heterocycles. The predicted molar refractivity (Wildman–Crippen MR) is 78.8 cm³/mol. The van der Waals surface area contributed by atoms with Crippen LogP contribution in [0.4, 0.5) is 0 Å². The molecule has 100 valence electrons. The van der Waals surface area contributed by atoms with Crippen LogP contribution >= 0.6 is 0 Å². The van der Waals surface area contributed by atoms with Crippen molar-refractivity contribution in [2.75, 3.05) is 0 Å². The van der Waals surface area contributed by atoms with Gasteiger partial charge in [-0.25, -0.2) is 0 Å². The van der Waals surface area contributed by atoms with Crippen molar-refractivity contribution in [2.24, 2.45) is 16.7 Å². The summed E-state index contributed by atoms with van der Waals surface area (Å²) in [5.41, 5.74) is 3.63. The molecule has 2 atom stereocenters. The van der Waals surface area contributed by atoms with Crippen LogP contribution in [0.1, 0.15) is 44.7 Å². The van der Waals surface area contributed by atoms with Crippen LogP contribution in [0.25, 0.3) is 6.08 Å². The zero-order valence-electron chi connectivity index (χ0n) is 12.3. The number of carbonyl (C=O) groups excluding carboxylic acids is 1. The summed E-state index contributed by atoms with van der Waals surface area (Å²) in [7, 11) is 0. The summed E-state index contributed by atoms with van der Waals surface area (Å²) in [5, 5.41) is 0. The van der Waals surface area contributed by atoms with E-state index < -0.39 is 0 Å². The quantitative estimate of drug-likeness (QED) is 0.679. The van der Waals surface area contributed by atoms with Crippen LogP contribution in [0.3, 0.4) is 0 Å². The molecule has 1 aromatic carbocycles. The van der Waals surface area contributed by atoms with Crippen LogP contribution < -0.4 is 0 Å². The second kappa shape index (κ2) is 3.82. The fourth-order valence-corrected chi connectivity index (χ4v) is 3.96. The van der Waals surface area contributed by atoms with E-state index in [9.17, 15) is 4.79 Å². The molecule has 2 aliphatic carbocycles. The number of ketones is 1. The number of carbonyl (C=O) groups is 1. The minimum absolute atomic E-state index is 0.0552. The zero-order chi connectivity index (χ0) is 13.8. The van der Waals surface area contributed by atoms with E-state index in [2.05, 4.69) is 58.0 Å². The number of aryl methyl sites for hydroxylation is 1. The minimum atomic E-state index is 0.0552. The van der Waals surface area contributed by atoms with Gasteiger partial charge in [0, 0.05) is 16.9 Å². The molecule has 2 saturated carbocycles. The first-order valence-corrected chi connectivity index (χ1v) is 7.19. The molecular formula is C18H22O. The van der Waals surface area contributed by atoms with Crippen molar-refractivity contribution in [1.29, 1.82) is 0 Å². The Balaban J connectivity index is 2.07. The predicted octanol–water partition coefficient (Wildman–Crippen LogP) is 4.40. The third kappa shape index (κ3) is 1.57. The molecule has 2 aliphatic rings. The monoisotopic (exact) mass is 254 g/mol. The molecule has 0 saturated heterocycles.